The minimum Gasteiger partial charge on any atom is -0.309 e. The van der Waals surface area contributed by atoms with E-state index in [0.717, 1.165) is 0 Å². The summed E-state index contributed by atoms with van der Waals surface area (Å²) in [5.74, 6) is 0. The molecule has 0 fully saturated rings. The third kappa shape index (κ3) is 2.53. The standard InChI is InChI=1S/C15H18BrNS/c1-9-8-10(2)18-15(9)14(17-4)12-6-5-7-13(16)11(12)3/h5-8,14,17H,1-4H3. The van der Waals surface area contributed by atoms with Gasteiger partial charge in [-0.2, -0.15) is 0 Å². The Morgan fingerprint density at radius 2 is 1.94 bits per heavy atom. The molecule has 18 heavy (non-hydrogen) atoms. The summed E-state index contributed by atoms with van der Waals surface area (Å²) < 4.78 is 1.17. The Bertz CT molecular complexity index is 560. The van der Waals surface area contributed by atoms with Crippen molar-refractivity contribution in [1.29, 1.82) is 0 Å². The number of benzene rings is 1. The van der Waals surface area contributed by atoms with E-state index in [-0.39, 0.29) is 6.04 Å². The van der Waals surface area contributed by atoms with E-state index in [0.29, 0.717) is 0 Å². The molecule has 96 valence electrons. The summed E-state index contributed by atoms with van der Waals surface area (Å²) in [6.45, 7) is 6.53. The highest BCUT2D eigenvalue weighted by atomic mass is 79.9. The predicted octanol–water partition coefficient (Wildman–Crippen LogP) is 4.74. The van der Waals surface area contributed by atoms with Crippen LogP contribution in [-0.4, -0.2) is 7.05 Å². The molecule has 3 heteroatoms. The van der Waals surface area contributed by atoms with Crippen molar-refractivity contribution in [2.24, 2.45) is 0 Å². The normalized spacial score (nSPS) is 12.7. The van der Waals surface area contributed by atoms with Gasteiger partial charge in [0.1, 0.15) is 0 Å². The first-order chi connectivity index (χ1) is 8.54. The van der Waals surface area contributed by atoms with E-state index in [1.807, 2.05) is 18.4 Å². The van der Waals surface area contributed by atoms with Crippen LogP contribution in [0.2, 0.25) is 0 Å². The van der Waals surface area contributed by atoms with Crippen molar-refractivity contribution in [3.8, 4) is 0 Å². The molecule has 1 unspecified atom stereocenters. The van der Waals surface area contributed by atoms with Crippen molar-refractivity contribution < 1.29 is 0 Å². The summed E-state index contributed by atoms with van der Waals surface area (Å²) in [4.78, 5) is 2.78. The molecule has 0 saturated heterocycles. The van der Waals surface area contributed by atoms with Gasteiger partial charge in [-0.1, -0.05) is 28.1 Å². The quantitative estimate of drug-likeness (QED) is 0.859. The summed E-state index contributed by atoms with van der Waals surface area (Å²) >= 11 is 5.49. The van der Waals surface area contributed by atoms with Gasteiger partial charge in [0.05, 0.1) is 6.04 Å². The third-order valence-electron chi connectivity index (χ3n) is 3.25. The van der Waals surface area contributed by atoms with Crippen LogP contribution in [-0.2, 0) is 0 Å². The molecule has 1 heterocycles. The Morgan fingerprint density at radius 1 is 1.22 bits per heavy atom. The lowest BCUT2D eigenvalue weighted by atomic mass is 9.98. The molecule has 0 amide bonds. The molecule has 1 N–H and O–H groups in total. The van der Waals surface area contributed by atoms with Crippen molar-refractivity contribution in [3.63, 3.8) is 0 Å². The molecular formula is C15H18BrNS. The first-order valence-corrected chi connectivity index (χ1v) is 7.64. The van der Waals surface area contributed by atoms with Gasteiger partial charge in [-0.3, -0.25) is 0 Å². The zero-order chi connectivity index (χ0) is 13.3. The third-order valence-corrected chi connectivity index (χ3v) is 5.33. The molecule has 2 rings (SSSR count). The fraction of sp³-hybridized carbons (Fsp3) is 0.333. The Balaban J connectivity index is 2.52. The van der Waals surface area contributed by atoms with Crippen LogP contribution in [0.25, 0.3) is 0 Å². The second-order valence-corrected chi connectivity index (χ2v) is 6.72. The Kier molecular flexibility index (Phi) is 4.25. The van der Waals surface area contributed by atoms with E-state index >= 15 is 0 Å². The first kappa shape index (κ1) is 13.8. The zero-order valence-corrected chi connectivity index (χ0v) is 13.6. The van der Waals surface area contributed by atoms with Crippen LogP contribution < -0.4 is 5.32 Å². The molecule has 2 aromatic rings. The van der Waals surface area contributed by atoms with Crippen LogP contribution in [0, 0.1) is 20.8 Å². The summed E-state index contributed by atoms with van der Waals surface area (Å²) in [5.41, 5.74) is 4.02. The molecule has 0 aliphatic heterocycles. The summed E-state index contributed by atoms with van der Waals surface area (Å²) in [6, 6.07) is 8.94. The smallest absolute Gasteiger partial charge is 0.0674 e. The van der Waals surface area contributed by atoms with Crippen molar-refractivity contribution in [1.82, 2.24) is 5.32 Å². The van der Waals surface area contributed by atoms with E-state index < -0.39 is 0 Å². The van der Waals surface area contributed by atoms with Gasteiger partial charge in [0.2, 0.25) is 0 Å². The highest BCUT2D eigenvalue weighted by Crippen LogP contribution is 2.34. The van der Waals surface area contributed by atoms with Crippen molar-refractivity contribution in [3.05, 3.63) is 55.2 Å². The maximum atomic E-state index is 3.62. The number of hydrogen-bond donors (Lipinski definition) is 1. The van der Waals surface area contributed by atoms with Gasteiger partial charge in [-0.25, -0.2) is 0 Å². The highest BCUT2D eigenvalue weighted by Gasteiger charge is 2.19. The van der Waals surface area contributed by atoms with E-state index in [9.17, 15) is 0 Å². The molecule has 0 aliphatic carbocycles. The van der Waals surface area contributed by atoms with Crippen LogP contribution >= 0.6 is 27.3 Å². The fourth-order valence-corrected chi connectivity index (χ4v) is 3.86. The molecule has 1 nitrogen and oxygen atoms in total. The lowest BCUT2D eigenvalue weighted by Crippen LogP contribution is -2.18. The van der Waals surface area contributed by atoms with Crippen molar-refractivity contribution in [2.45, 2.75) is 26.8 Å². The van der Waals surface area contributed by atoms with Gasteiger partial charge in [0.15, 0.2) is 0 Å². The SMILES string of the molecule is CNC(c1cccc(Br)c1C)c1sc(C)cc1C. The molecular weight excluding hydrogens is 306 g/mol. The molecule has 1 aromatic carbocycles. The number of halogens is 1. The van der Waals surface area contributed by atoms with E-state index in [4.69, 9.17) is 0 Å². The molecule has 0 saturated carbocycles. The highest BCUT2D eigenvalue weighted by molar-refractivity contribution is 9.10. The van der Waals surface area contributed by atoms with E-state index in [1.54, 1.807) is 0 Å². The van der Waals surface area contributed by atoms with Crippen LogP contribution in [0.3, 0.4) is 0 Å². The average molecular weight is 324 g/mol. The van der Waals surface area contributed by atoms with Crippen molar-refractivity contribution >= 4 is 27.3 Å². The minimum atomic E-state index is 0.279. The monoisotopic (exact) mass is 323 g/mol. The van der Waals surface area contributed by atoms with E-state index in [2.05, 4.69) is 66.3 Å². The molecule has 0 bridgehead atoms. The van der Waals surface area contributed by atoms with Gasteiger partial charge in [0, 0.05) is 14.2 Å². The average Bonchev–Trinajstić information content (AvgIpc) is 2.65. The second-order valence-electron chi connectivity index (χ2n) is 4.58. The van der Waals surface area contributed by atoms with Gasteiger partial charge < -0.3 is 5.32 Å². The summed E-state index contributed by atoms with van der Waals surface area (Å²) in [7, 11) is 2.03. The number of nitrogens with one attached hydrogen (secondary N) is 1. The lowest BCUT2D eigenvalue weighted by molar-refractivity contribution is 0.695. The lowest BCUT2D eigenvalue weighted by Gasteiger charge is -2.19. The first-order valence-electron chi connectivity index (χ1n) is 6.03. The van der Waals surface area contributed by atoms with Crippen LogP contribution in [0.15, 0.2) is 28.7 Å². The number of thiophene rings is 1. The minimum absolute atomic E-state index is 0.279. The van der Waals surface area contributed by atoms with Crippen LogP contribution in [0.1, 0.15) is 32.5 Å². The molecule has 0 radical (unpaired) electrons. The molecule has 1 aromatic heterocycles. The van der Waals surface area contributed by atoms with Gasteiger partial charge >= 0.3 is 0 Å². The maximum Gasteiger partial charge on any atom is 0.0674 e. The Morgan fingerprint density at radius 3 is 2.50 bits per heavy atom. The molecule has 1 atom stereocenters. The largest absolute Gasteiger partial charge is 0.309 e. The zero-order valence-electron chi connectivity index (χ0n) is 11.2. The fourth-order valence-electron chi connectivity index (χ4n) is 2.31. The van der Waals surface area contributed by atoms with Crippen molar-refractivity contribution in [2.75, 3.05) is 7.05 Å². The number of aryl methyl sites for hydroxylation is 2. The number of hydrogen-bond acceptors (Lipinski definition) is 2. The summed E-state index contributed by atoms with van der Waals surface area (Å²) in [6.07, 6.45) is 0. The van der Waals surface area contributed by atoms with Gasteiger partial charge in [-0.15, -0.1) is 11.3 Å². The Labute approximate surface area is 121 Å². The molecule has 0 aliphatic rings. The second kappa shape index (κ2) is 5.55. The predicted molar refractivity (Wildman–Crippen MR) is 83.6 cm³/mol. The van der Waals surface area contributed by atoms with E-state index in [1.165, 1.54) is 30.9 Å². The van der Waals surface area contributed by atoms with Crippen LogP contribution in [0.4, 0.5) is 0 Å². The molecule has 0 spiro atoms. The van der Waals surface area contributed by atoms with Gasteiger partial charge in [0.25, 0.3) is 0 Å². The number of rotatable bonds is 3. The maximum absolute atomic E-state index is 3.62. The summed E-state index contributed by atoms with van der Waals surface area (Å²) in [5, 5.41) is 3.45. The Hall–Kier alpha value is -0.640. The topological polar surface area (TPSA) is 12.0 Å². The van der Waals surface area contributed by atoms with Crippen LogP contribution in [0.5, 0.6) is 0 Å². The van der Waals surface area contributed by atoms with Gasteiger partial charge in [-0.05, 0) is 56.6 Å².